The minimum absolute atomic E-state index is 0.0657. The van der Waals surface area contributed by atoms with Crippen LogP contribution in [0.2, 0.25) is 0 Å². The molecule has 1 unspecified atom stereocenters. The highest BCUT2D eigenvalue weighted by Gasteiger charge is 2.28. The molecule has 0 bridgehead atoms. The van der Waals surface area contributed by atoms with Crippen LogP contribution in [0, 0.1) is 6.92 Å². The molecule has 0 aliphatic carbocycles. The monoisotopic (exact) mass is 288 g/mol. The average molecular weight is 288 g/mol. The van der Waals surface area contributed by atoms with Gasteiger partial charge in [-0.25, -0.2) is 0 Å². The van der Waals surface area contributed by atoms with Crippen LogP contribution in [-0.2, 0) is 6.42 Å². The Kier molecular flexibility index (Phi) is 3.77. The number of nitrogens with one attached hydrogen (secondary N) is 1. The molecule has 0 radical (unpaired) electrons. The van der Waals surface area contributed by atoms with Crippen LogP contribution in [0.15, 0.2) is 16.8 Å². The van der Waals surface area contributed by atoms with Crippen molar-refractivity contribution in [2.45, 2.75) is 39.0 Å². The first-order chi connectivity index (χ1) is 10.2. The number of amides is 1. The van der Waals surface area contributed by atoms with E-state index in [0.717, 1.165) is 42.8 Å². The van der Waals surface area contributed by atoms with Crippen LogP contribution in [0.3, 0.4) is 0 Å². The number of aromatic amines is 1. The third-order valence-electron chi connectivity index (χ3n) is 4.12. The maximum Gasteiger partial charge on any atom is 0.292 e. The van der Waals surface area contributed by atoms with Gasteiger partial charge in [0.15, 0.2) is 0 Å². The Balaban J connectivity index is 1.73. The van der Waals surface area contributed by atoms with Crippen molar-refractivity contribution in [1.82, 2.24) is 20.3 Å². The first kappa shape index (κ1) is 13.9. The summed E-state index contributed by atoms with van der Waals surface area (Å²) in [4.78, 5) is 14.4. The van der Waals surface area contributed by atoms with Crippen molar-refractivity contribution in [3.8, 4) is 0 Å². The van der Waals surface area contributed by atoms with Gasteiger partial charge in [-0.05, 0) is 31.7 Å². The third-order valence-corrected chi connectivity index (χ3v) is 4.12. The van der Waals surface area contributed by atoms with E-state index >= 15 is 0 Å². The topological polar surface area (TPSA) is 75.0 Å². The molecule has 3 rings (SSSR count). The number of aromatic nitrogens is 3. The molecule has 1 atom stereocenters. The second-order valence-electron chi connectivity index (χ2n) is 5.59. The van der Waals surface area contributed by atoms with Crippen LogP contribution in [0.5, 0.6) is 0 Å². The van der Waals surface area contributed by atoms with Crippen molar-refractivity contribution in [2.24, 2.45) is 0 Å². The smallest absolute Gasteiger partial charge is 0.292 e. The van der Waals surface area contributed by atoms with Crippen LogP contribution >= 0.6 is 0 Å². The minimum Gasteiger partial charge on any atom is -0.351 e. The molecule has 1 saturated heterocycles. The molecule has 0 saturated carbocycles. The summed E-state index contributed by atoms with van der Waals surface area (Å²) < 4.78 is 5.16. The molecule has 1 aliphatic heterocycles. The Morgan fingerprint density at radius 3 is 3.10 bits per heavy atom. The second-order valence-corrected chi connectivity index (χ2v) is 5.59. The first-order valence-electron chi connectivity index (χ1n) is 7.43. The van der Waals surface area contributed by atoms with Gasteiger partial charge in [-0.1, -0.05) is 12.1 Å². The highest BCUT2D eigenvalue weighted by Crippen LogP contribution is 2.28. The summed E-state index contributed by atoms with van der Waals surface area (Å²) in [5.41, 5.74) is 3.11. The van der Waals surface area contributed by atoms with E-state index < -0.39 is 0 Å². The lowest BCUT2D eigenvalue weighted by Gasteiger charge is -2.31. The van der Waals surface area contributed by atoms with Crippen molar-refractivity contribution in [3.05, 3.63) is 35.0 Å². The number of likely N-dealkylation sites (tertiary alicyclic amines) is 1. The van der Waals surface area contributed by atoms with Crippen molar-refractivity contribution in [3.63, 3.8) is 0 Å². The standard InChI is InChI=1S/C15H20N4O2/c1-3-12-7-13(21-18-12)15(20)19-6-4-5-11(9-19)14-10(2)8-16-17-14/h7-8,11H,3-6,9H2,1-2H3,(H,16,17). The molecule has 2 aromatic rings. The van der Waals surface area contributed by atoms with Crippen molar-refractivity contribution in [1.29, 1.82) is 0 Å². The lowest BCUT2D eigenvalue weighted by atomic mass is 9.93. The van der Waals surface area contributed by atoms with Gasteiger partial charge >= 0.3 is 0 Å². The zero-order valence-electron chi connectivity index (χ0n) is 12.4. The molecule has 6 nitrogen and oxygen atoms in total. The molecular weight excluding hydrogens is 268 g/mol. The number of rotatable bonds is 3. The summed E-state index contributed by atoms with van der Waals surface area (Å²) in [5, 5.41) is 11.0. The Labute approximate surface area is 123 Å². The van der Waals surface area contributed by atoms with Crippen LogP contribution in [0.25, 0.3) is 0 Å². The highest BCUT2D eigenvalue weighted by molar-refractivity contribution is 5.91. The predicted molar refractivity (Wildman–Crippen MR) is 77.1 cm³/mol. The Morgan fingerprint density at radius 1 is 1.57 bits per heavy atom. The summed E-state index contributed by atoms with van der Waals surface area (Å²) in [6.07, 6.45) is 4.67. The quantitative estimate of drug-likeness (QED) is 0.940. The number of piperidine rings is 1. The predicted octanol–water partition coefficient (Wildman–Crippen LogP) is 2.29. The summed E-state index contributed by atoms with van der Waals surface area (Å²) in [6.45, 7) is 5.50. The highest BCUT2D eigenvalue weighted by atomic mass is 16.5. The van der Waals surface area contributed by atoms with Gasteiger partial charge in [0, 0.05) is 30.8 Å². The molecule has 0 spiro atoms. The van der Waals surface area contributed by atoms with Gasteiger partial charge < -0.3 is 9.42 Å². The van der Waals surface area contributed by atoms with E-state index in [0.29, 0.717) is 18.2 Å². The van der Waals surface area contributed by atoms with E-state index in [2.05, 4.69) is 15.4 Å². The SMILES string of the molecule is CCc1cc(C(=O)N2CCCC(c3[nH]ncc3C)C2)on1. The minimum atomic E-state index is -0.0657. The maximum absolute atomic E-state index is 12.5. The molecule has 21 heavy (non-hydrogen) atoms. The largest absolute Gasteiger partial charge is 0.351 e. The summed E-state index contributed by atoms with van der Waals surface area (Å²) in [5.74, 6) is 0.594. The summed E-state index contributed by atoms with van der Waals surface area (Å²) in [7, 11) is 0. The van der Waals surface area contributed by atoms with Crippen LogP contribution in [0.4, 0.5) is 0 Å². The fourth-order valence-electron chi connectivity index (χ4n) is 2.90. The van der Waals surface area contributed by atoms with E-state index in [1.807, 2.05) is 24.9 Å². The molecule has 1 N–H and O–H groups in total. The van der Waals surface area contributed by atoms with Gasteiger partial charge in [-0.3, -0.25) is 9.89 Å². The van der Waals surface area contributed by atoms with Gasteiger partial charge in [0.1, 0.15) is 0 Å². The summed E-state index contributed by atoms with van der Waals surface area (Å²) in [6, 6.07) is 1.74. The Morgan fingerprint density at radius 2 is 2.43 bits per heavy atom. The van der Waals surface area contributed by atoms with E-state index in [1.54, 1.807) is 6.07 Å². The number of hydrogen-bond acceptors (Lipinski definition) is 4. The van der Waals surface area contributed by atoms with Gasteiger partial charge in [-0.2, -0.15) is 5.10 Å². The molecule has 1 fully saturated rings. The average Bonchev–Trinajstić information content (AvgIpc) is 3.15. The first-order valence-corrected chi connectivity index (χ1v) is 7.43. The number of hydrogen-bond donors (Lipinski definition) is 1. The van der Waals surface area contributed by atoms with E-state index in [9.17, 15) is 4.79 Å². The Hall–Kier alpha value is -2.11. The van der Waals surface area contributed by atoms with Crippen LogP contribution in [-0.4, -0.2) is 39.3 Å². The molecule has 1 aliphatic rings. The fourth-order valence-corrected chi connectivity index (χ4v) is 2.90. The number of aryl methyl sites for hydroxylation is 2. The third kappa shape index (κ3) is 2.70. The number of carbonyl (C=O) groups excluding carboxylic acids is 1. The lowest BCUT2D eigenvalue weighted by Crippen LogP contribution is -2.39. The van der Waals surface area contributed by atoms with E-state index in [1.165, 1.54) is 0 Å². The number of H-pyrrole nitrogens is 1. The van der Waals surface area contributed by atoms with Crippen molar-refractivity contribution in [2.75, 3.05) is 13.1 Å². The van der Waals surface area contributed by atoms with Gasteiger partial charge in [-0.15, -0.1) is 0 Å². The molecule has 6 heteroatoms. The van der Waals surface area contributed by atoms with Gasteiger partial charge in [0.05, 0.1) is 11.9 Å². The Bertz CT molecular complexity index is 631. The number of nitrogens with zero attached hydrogens (tertiary/aromatic N) is 3. The molecule has 2 aromatic heterocycles. The maximum atomic E-state index is 12.5. The normalized spacial score (nSPS) is 19.0. The molecular formula is C15H20N4O2. The summed E-state index contributed by atoms with van der Waals surface area (Å²) >= 11 is 0. The van der Waals surface area contributed by atoms with Crippen molar-refractivity contribution < 1.29 is 9.32 Å². The van der Waals surface area contributed by atoms with E-state index in [4.69, 9.17) is 4.52 Å². The lowest BCUT2D eigenvalue weighted by molar-refractivity contribution is 0.0663. The zero-order chi connectivity index (χ0) is 14.8. The second kappa shape index (κ2) is 5.71. The van der Waals surface area contributed by atoms with Gasteiger partial charge in [0.25, 0.3) is 5.91 Å². The fraction of sp³-hybridized carbons (Fsp3) is 0.533. The molecule has 112 valence electrons. The van der Waals surface area contributed by atoms with E-state index in [-0.39, 0.29) is 5.91 Å². The molecule has 0 aromatic carbocycles. The van der Waals surface area contributed by atoms with Gasteiger partial charge in [0.2, 0.25) is 5.76 Å². The molecule has 1 amide bonds. The van der Waals surface area contributed by atoms with Crippen LogP contribution in [0.1, 0.15) is 53.2 Å². The number of carbonyl (C=O) groups is 1. The molecule has 3 heterocycles. The van der Waals surface area contributed by atoms with Crippen molar-refractivity contribution >= 4 is 5.91 Å². The zero-order valence-corrected chi connectivity index (χ0v) is 12.4. The van der Waals surface area contributed by atoms with Crippen LogP contribution < -0.4 is 0 Å².